The van der Waals surface area contributed by atoms with E-state index in [2.05, 4.69) is 0 Å². The number of carboxylic acid groups (broad SMARTS) is 1. The minimum Gasteiger partial charge on any atom is -0.480 e. The van der Waals surface area contributed by atoms with Crippen molar-refractivity contribution in [3.05, 3.63) is 35.6 Å². The Balaban J connectivity index is 2.16. The smallest absolute Gasteiger partial charge is 0.317 e. The molecular weight excluding hydrogens is 237 g/mol. The summed E-state index contributed by atoms with van der Waals surface area (Å²) >= 11 is 0. The number of nitrogens with zero attached hydrogens (tertiary/aromatic N) is 1. The number of aldehydes is 1. The number of halogens is 1. The molecule has 1 aromatic carbocycles. The second-order valence-corrected chi connectivity index (χ2v) is 4.55. The second-order valence-electron chi connectivity index (χ2n) is 4.55. The van der Waals surface area contributed by atoms with Crippen LogP contribution in [0.5, 0.6) is 0 Å². The van der Waals surface area contributed by atoms with Crippen molar-refractivity contribution in [1.82, 2.24) is 4.90 Å². The van der Waals surface area contributed by atoms with Gasteiger partial charge in [-0.3, -0.25) is 9.69 Å². The van der Waals surface area contributed by atoms with Gasteiger partial charge in [-0.15, -0.1) is 0 Å². The molecule has 1 fully saturated rings. The molecule has 18 heavy (non-hydrogen) atoms. The summed E-state index contributed by atoms with van der Waals surface area (Å²) in [4.78, 5) is 23.4. The third-order valence-corrected chi connectivity index (χ3v) is 3.25. The maximum absolute atomic E-state index is 13.2. The van der Waals surface area contributed by atoms with Gasteiger partial charge in [0.25, 0.3) is 0 Å². The Labute approximate surface area is 104 Å². The van der Waals surface area contributed by atoms with Crippen molar-refractivity contribution in [3.63, 3.8) is 0 Å². The number of aliphatic carboxylic acids is 1. The fourth-order valence-corrected chi connectivity index (χ4v) is 2.46. The van der Waals surface area contributed by atoms with Gasteiger partial charge in [0.15, 0.2) is 0 Å². The monoisotopic (exact) mass is 251 g/mol. The maximum Gasteiger partial charge on any atom is 0.317 e. The van der Waals surface area contributed by atoms with Crippen molar-refractivity contribution < 1.29 is 19.1 Å². The van der Waals surface area contributed by atoms with Crippen LogP contribution in [0.2, 0.25) is 0 Å². The molecule has 1 aromatic rings. The first-order valence-electron chi connectivity index (χ1n) is 5.75. The normalized spacial score (nSPS) is 24.1. The summed E-state index contributed by atoms with van der Waals surface area (Å²) in [6, 6.07) is 6.13. The zero-order valence-electron chi connectivity index (χ0n) is 9.75. The van der Waals surface area contributed by atoms with Gasteiger partial charge in [0.2, 0.25) is 0 Å². The minimum absolute atomic E-state index is 0.0871. The van der Waals surface area contributed by atoms with Crippen molar-refractivity contribution in [2.45, 2.75) is 5.92 Å². The number of likely N-dealkylation sites (tertiary alicyclic amines) is 1. The van der Waals surface area contributed by atoms with E-state index in [1.165, 1.54) is 12.1 Å². The highest BCUT2D eigenvalue weighted by Crippen LogP contribution is 2.31. The van der Waals surface area contributed by atoms with Crippen LogP contribution in [-0.4, -0.2) is 41.9 Å². The van der Waals surface area contributed by atoms with Gasteiger partial charge in [0, 0.05) is 24.9 Å². The lowest BCUT2D eigenvalue weighted by atomic mass is 9.90. The average molecular weight is 251 g/mol. The van der Waals surface area contributed by atoms with Crippen LogP contribution in [0.25, 0.3) is 0 Å². The summed E-state index contributed by atoms with van der Waals surface area (Å²) in [5.41, 5.74) is 0.750. The molecular formula is C13H14FNO3. The highest BCUT2D eigenvalue weighted by atomic mass is 19.1. The molecule has 2 unspecified atom stereocenters. The lowest BCUT2D eigenvalue weighted by Crippen LogP contribution is -2.27. The molecule has 0 amide bonds. The predicted molar refractivity (Wildman–Crippen MR) is 62.8 cm³/mol. The van der Waals surface area contributed by atoms with Crippen molar-refractivity contribution in [1.29, 1.82) is 0 Å². The number of carbonyl (C=O) groups is 2. The van der Waals surface area contributed by atoms with Crippen molar-refractivity contribution >= 4 is 12.3 Å². The maximum atomic E-state index is 13.2. The Morgan fingerprint density at radius 2 is 2.28 bits per heavy atom. The molecule has 0 spiro atoms. The number of carbonyl (C=O) groups excluding carboxylic acids is 1. The molecule has 2 rings (SSSR count). The van der Waals surface area contributed by atoms with Gasteiger partial charge in [-0.05, 0) is 17.7 Å². The molecule has 5 heteroatoms. The fourth-order valence-electron chi connectivity index (χ4n) is 2.46. The lowest BCUT2D eigenvalue weighted by molar-refractivity contribution is -0.138. The Morgan fingerprint density at radius 3 is 2.89 bits per heavy atom. The van der Waals surface area contributed by atoms with Crippen LogP contribution < -0.4 is 0 Å². The fraction of sp³-hybridized carbons (Fsp3) is 0.385. The van der Waals surface area contributed by atoms with E-state index >= 15 is 0 Å². The summed E-state index contributed by atoms with van der Waals surface area (Å²) in [7, 11) is 0. The number of rotatable bonds is 4. The van der Waals surface area contributed by atoms with Gasteiger partial charge in [0.05, 0.1) is 6.54 Å². The summed E-state index contributed by atoms with van der Waals surface area (Å²) in [5.74, 6) is -1.66. The number of benzene rings is 1. The van der Waals surface area contributed by atoms with Crippen LogP contribution in [0.1, 0.15) is 11.5 Å². The molecule has 0 aliphatic carbocycles. The third-order valence-electron chi connectivity index (χ3n) is 3.25. The molecule has 1 aliphatic heterocycles. The van der Waals surface area contributed by atoms with Crippen LogP contribution >= 0.6 is 0 Å². The highest BCUT2D eigenvalue weighted by Gasteiger charge is 2.34. The summed E-state index contributed by atoms with van der Waals surface area (Å²) in [6.45, 7) is 0.798. The third kappa shape index (κ3) is 2.73. The molecule has 1 saturated heterocycles. The van der Waals surface area contributed by atoms with E-state index in [1.807, 2.05) is 0 Å². The van der Waals surface area contributed by atoms with E-state index < -0.39 is 5.97 Å². The highest BCUT2D eigenvalue weighted by molar-refractivity contribution is 5.69. The van der Waals surface area contributed by atoms with Gasteiger partial charge >= 0.3 is 5.97 Å². The lowest BCUT2D eigenvalue weighted by Gasteiger charge is -2.14. The van der Waals surface area contributed by atoms with E-state index in [9.17, 15) is 14.0 Å². The van der Waals surface area contributed by atoms with Gasteiger partial charge in [-0.1, -0.05) is 12.1 Å². The van der Waals surface area contributed by atoms with E-state index in [0.29, 0.717) is 13.1 Å². The molecule has 0 aromatic heterocycles. The molecule has 0 radical (unpaired) electrons. The van der Waals surface area contributed by atoms with Crippen LogP contribution in [0.15, 0.2) is 24.3 Å². The Bertz CT molecular complexity index is 463. The quantitative estimate of drug-likeness (QED) is 0.815. The first-order valence-corrected chi connectivity index (χ1v) is 5.75. The van der Waals surface area contributed by atoms with Crippen molar-refractivity contribution in [2.75, 3.05) is 19.6 Å². The summed E-state index contributed by atoms with van der Waals surface area (Å²) in [6.07, 6.45) is 0.831. The van der Waals surface area contributed by atoms with Gasteiger partial charge < -0.3 is 9.90 Å². The standard InChI is InChI=1S/C13H14FNO3/c14-11-3-1-2-9(4-11)12-6-15(7-13(17)18)5-10(12)8-16/h1-4,8,10,12H,5-7H2,(H,17,18). The van der Waals surface area contributed by atoms with Crippen molar-refractivity contribution in [3.8, 4) is 0 Å². The van der Waals surface area contributed by atoms with Crippen LogP contribution in [-0.2, 0) is 9.59 Å². The van der Waals surface area contributed by atoms with Crippen molar-refractivity contribution in [2.24, 2.45) is 5.92 Å². The Kier molecular flexibility index (Phi) is 3.72. The SMILES string of the molecule is O=CC1CN(CC(=O)O)CC1c1cccc(F)c1. The van der Waals surface area contributed by atoms with Gasteiger partial charge in [-0.2, -0.15) is 0 Å². The summed E-state index contributed by atoms with van der Waals surface area (Å²) < 4.78 is 13.2. The molecule has 96 valence electrons. The first-order chi connectivity index (χ1) is 8.60. The molecule has 1 N–H and O–H groups in total. The molecule has 1 heterocycles. The minimum atomic E-state index is -0.917. The molecule has 1 aliphatic rings. The largest absolute Gasteiger partial charge is 0.480 e. The zero-order valence-corrected chi connectivity index (χ0v) is 9.75. The molecule has 2 atom stereocenters. The van der Waals surface area contributed by atoms with E-state index in [4.69, 9.17) is 5.11 Å². The number of hydrogen-bond donors (Lipinski definition) is 1. The van der Waals surface area contributed by atoms with Gasteiger partial charge in [-0.25, -0.2) is 4.39 Å². The van der Waals surface area contributed by atoms with Gasteiger partial charge in [0.1, 0.15) is 12.1 Å². The molecule has 4 nitrogen and oxygen atoms in total. The average Bonchev–Trinajstić information content (AvgIpc) is 2.71. The topological polar surface area (TPSA) is 57.6 Å². The first kappa shape index (κ1) is 12.7. The Hall–Kier alpha value is -1.75. The summed E-state index contributed by atoms with van der Waals surface area (Å²) in [5, 5.41) is 8.74. The number of carboxylic acids is 1. The molecule has 0 saturated carbocycles. The van der Waals surface area contributed by atoms with Crippen LogP contribution in [0.4, 0.5) is 4.39 Å². The molecule has 0 bridgehead atoms. The van der Waals surface area contributed by atoms with E-state index in [0.717, 1.165) is 11.8 Å². The van der Waals surface area contributed by atoms with E-state index in [1.54, 1.807) is 17.0 Å². The van der Waals surface area contributed by atoms with Crippen LogP contribution in [0, 0.1) is 11.7 Å². The van der Waals surface area contributed by atoms with E-state index in [-0.39, 0.29) is 24.2 Å². The predicted octanol–water partition coefficient (Wildman–Crippen LogP) is 1.12. The Morgan fingerprint density at radius 1 is 1.50 bits per heavy atom. The second kappa shape index (κ2) is 5.27. The number of hydrogen-bond acceptors (Lipinski definition) is 3. The zero-order chi connectivity index (χ0) is 13.1. The van der Waals surface area contributed by atoms with Crippen LogP contribution in [0.3, 0.4) is 0 Å².